The Labute approximate surface area is 210 Å². The van der Waals surface area contributed by atoms with Crippen molar-refractivity contribution in [1.29, 1.82) is 0 Å². The van der Waals surface area contributed by atoms with Gasteiger partial charge in [0.15, 0.2) is 17.3 Å². The van der Waals surface area contributed by atoms with Gasteiger partial charge in [-0.15, -0.1) is 22.6 Å². The van der Waals surface area contributed by atoms with Gasteiger partial charge in [-0.1, -0.05) is 29.8 Å². The number of fused-ring (bicyclic) bond motifs is 1. The van der Waals surface area contributed by atoms with Gasteiger partial charge in [0.05, 0.1) is 38.0 Å². The first kappa shape index (κ1) is 25.8. The van der Waals surface area contributed by atoms with Crippen LogP contribution in [0.2, 0.25) is 5.02 Å². The number of aromatic nitrogens is 2. The van der Waals surface area contributed by atoms with Gasteiger partial charge in [-0.25, -0.2) is 4.85 Å². The fourth-order valence-corrected chi connectivity index (χ4v) is 4.30. The summed E-state index contributed by atoms with van der Waals surface area (Å²) in [4.78, 5) is 5.79. The van der Waals surface area contributed by atoms with Crippen LogP contribution in [0, 0.1) is 6.57 Å². The number of hydrogen-bond acceptors (Lipinski definition) is 7. The second kappa shape index (κ2) is 12.0. The van der Waals surface area contributed by atoms with E-state index in [0.29, 0.717) is 35.4 Å². The third-order valence-electron chi connectivity index (χ3n) is 5.74. The predicted octanol–water partition coefficient (Wildman–Crippen LogP) is 4.85. The fraction of sp³-hybridized carbons (Fsp3) is 0.375. The third kappa shape index (κ3) is 5.80. The van der Waals surface area contributed by atoms with Crippen molar-refractivity contribution in [2.24, 2.45) is 0 Å². The van der Waals surface area contributed by atoms with Gasteiger partial charge in [0.2, 0.25) is 0 Å². The maximum absolute atomic E-state index is 8.97. The molecular weight excluding hydrogens is 477 g/mol. The van der Waals surface area contributed by atoms with Crippen LogP contribution in [0.25, 0.3) is 15.6 Å². The number of nitrogens with one attached hydrogen (secondary N) is 1. The fourth-order valence-electron chi connectivity index (χ4n) is 4.02. The topological polar surface area (TPSA) is 84.1 Å². The Balaban J connectivity index is 0.00000324. The van der Waals surface area contributed by atoms with Gasteiger partial charge in [0.1, 0.15) is 5.75 Å². The molecule has 0 unspecified atom stereocenters. The zero-order valence-corrected chi connectivity index (χ0v) is 20.4. The Morgan fingerprint density at radius 2 is 1.97 bits per heavy atom. The van der Waals surface area contributed by atoms with Crippen molar-refractivity contribution in [1.82, 2.24) is 10.2 Å². The van der Waals surface area contributed by atoms with E-state index in [-0.39, 0.29) is 25.1 Å². The Bertz CT molecular complexity index is 1160. The zero-order chi connectivity index (χ0) is 23.2. The van der Waals surface area contributed by atoms with Gasteiger partial charge in [-0.2, -0.15) is 0 Å². The molecule has 8 nitrogen and oxygen atoms in total. The number of nitrogens with zero attached hydrogens (tertiary/aromatic N) is 4. The molecule has 0 spiro atoms. The van der Waals surface area contributed by atoms with E-state index in [1.54, 1.807) is 7.11 Å². The van der Waals surface area contributed by atoms with Gasteiger partial charge >= 0.3 is 0 Å². The zero-order valence-electron chi connectivity index (χ0n) is 18.8. The predicted molar refractivity (Wildman–Crippen MR) is 137 cm³/mol. The second-order valence-electron chi connectivity index (χ2n) is 7.82. The minimum absolute atomic E-state index is 0. The van der Waals surface area contributed by atoms with Crippen LogP contribution in [-0.2, 0) is 11.3 Å². The van der Waals surface area contributed by atoms with Crippen molar-refractivity contribution in [2.75, 3.05) is 43.6 Å². The van der Waals surface area contributed by atoms with Crippen LogP contribution in [0.5, 0.6) is 5.75 Å². The molecule has 1 fully saturated rings. The number of aliphatic hydroxyl groups excluding tert-OH is 1. The number of piperidine rings is 1. The molecule has 4 rings (SSSR count). The Kier molecular flexibility index (Phi) is 9.13. The highest BCUT2D eigenvalue weighted by Crippen LogP contribution is 2.33. The Morgan fingerprint density at radius 1 is 1.18 bits per heavy atom. The van der Waals surface area contributed by atoms with Gasteiger partial charge in [0, 0.05) is 30.4 Å². The minimum atomic E-state index is 0. The standard InChI is InChI=1S/C24H26ClN5O3.ClH/c1-26-17-4-5-19-20(14-17)23(27-15-16-3-6-22(32-2)21(25)13-16)28-29-24(19)30-9-7-18(8-10-30)33-12-11-31;/h3-6,13-14,18,31H,7-12,15H2,2H3,(H,27,28);1H. The van der Waals surface area contributed by atoms with Crippen molar-refractivity contribution >= 4 is 52.1 Å². The lowest BCUT2D eigenvalue weighted by molar-refractivity contribution is 0.0158. The van der Waals surface area contributed by atoms with Crippen molar-refractivity contribution in [3.8, 4) is 5.75 Å². The first-order chi connectivity index (χ1) is 16.1. The molecule has 0 atom stereocenters. The summed E-state index contributed by atoms with van der Waals surface area (Å²) in [5.74, 6) is 2.05. The molecular formula is C24H27Cl2N5O3. The molecule has 0 aliphatic carbocycles. The monoisotopic (exact) mass is 503 g/mol. The number of rotatable bonds is 8. The van der Waals surface area contributed by atoms with Gasteiger partial charge < -0.3 is 24.8 Å². The summed E-state index contributed by atoms with van der Waals surface area (Å²) in [6.45, 7) is 9.91. The molecule has 2 heterocycles. The molecule has 34 heavy (non-hydrogen) atoms. The van der Waals surface area contributed by atoms with E-state index in [4.69, 9.17) is 32.8 Å². The normalized spacial score (nSPS) is 13.9. The van der Waals surface area contributed by atoms with Crippen molar-refractivity contribution in [2.45, 2.75) is 25.5 Å². The highest BCUT2D eigenvalue weighted by molar-refractivity contribution is 6.32. The number of anilines is 2. The van der Waals surface area contributed by atoms with Crippen molar-refractivity contribution in [3.63, 3.8) is 0 Å². The Morgan fingerprint density at radius 3 is 2.65 bits per heavy atom. The molecule has 0 bridgehead atoms. The number of halogens is 2. The van der Waals surface area contributed by atoms with Crippen LogP contribution < -0.4 is 15.0 Å². The van der Waals surface area contributed by atoms with Gasteiger partial charge in [-0.05, 0) is 36.6 Å². The molecule has 1 saturated heterocycles. The maximum Gasteiger partial charge on any atom is 0.188 e. The van der Waals surface area contributed by atoms with Crippen LogP contribution in [-0.4, -0.2) is 54.8 Å². The van der Waals surface area contributed by atoms with E-state index in [9.17, 15) is 0 Å². The lowest BCUT2D eigenvalue weighted by Crippen LogP contribution is -2.38. The van der Waals surface area contributed by atoms with Crippen molar-refractivity contribution < 1.29 is 14.6 Å². The summed E-state index contributed by atoms with van der Waals surface area (Å²) < 4.78 is 10.9. The highest BCUT2D eigenvalue weighted by atomic mass is 35.5. The van der Waals surface area contributed by atoms with E-state index in [1.807, 2.05) is 36.4 Å². The average molecular weight is 504 g/mol. The SMILES string of the molecule is Cl.[C-]#[N+]c1ccc2c(N3CCC(OCCO)CC3)nnc(NCc3ccc(OC)c(Cl)c3)c2c1. The summed E-state index contributed by atoms with van der Waals surface area (Å²) in [6.07, 6.45) is 1.88. The molecule has 0 amide bonds. The number of methoxy groups -OCH3 is 1. The lowest BCUT2D eigenvalue weighted by atomic mass is 10.1. The van der Waals surface area contributed by atoms with Crippen LogP contribution in [0.15, 0.2) is 36.4 Å². The molecule has 2 aromatic carbocycles. The molecule has 1 aliphatic rings. The molecule has 2 N–H and O–H groups in total. The van der Waals surface area contributed by atoms with Crippen LogP contribution >= 0.6 is 24.0 Å². The smallest absolute Gasteiger partial charge is 0.188 e. The summed E-state index contributed by atoms with van der Waals surface area (Å²) in [6, 6.07) is 11.2. The van der Waals surface area contributed by atoms with Crippen LogP contribution in [0.3, 0.4) is 0 Å². The molecule has 180 valence electrons. The van der Waals surface area contributed by atoms with Crippen molar-refractivity contribution in [3.05, 3.63) is 58.4 Å². The summed E-state index contributed by atoms with van der Waals surface area (Å²) in [7, 11) is 1.59. The molecule has 3 aromatic rings. The molecule has 1 aliphatic heterocycles. The van der Waals surface area contributed by atoms with Crippen LogP contribution in [0.1, 0.15) is 18.4 Å². The number of hydrogen-bond donors (Lipinski definition) is 2. The number of aliphatic hydroxyl groups is 1. The molecule has 1 aromatic heterocycles. The third-order valence-corrected chi connectivity index (χ3v) is 6.03. The maximum atomic E-state index is 8.97. The number of benzene rings is 2. The van der Waals surface area contributed by atoms with E-state index < -0.39 is 0 Å². The quantitative estimate of drug-likeness (QED) is 0.424. The average Bonchev–Trinajstić information content (AvgIpc) is 2.86. The van der Waals surface area contributed by atoms with Gasteiger partial charge in [-0.3, -0.25) is 0 Å². The first-order valence-corrected chi connectivity index (χ1v) is 11.2. The summed E-state index contributed by atoms with van der Waals surface area (Å²) >= 11 is 6.25. The lowest BCUT2D eigenvalue weighted by Gasteiger charge is -2.33. The highest BCUT2D eigenvalue weighted by Gasteiger charge is 2.23. The van der Waals surface area contributed by atoms with E-state index >= 15 is 0 Å². The molecule has 10 heteroatoms. The van der Waals surface area contributed by atoms with E-state index in [2.05, 4.69) is 25.3 Å². The second-order valence-corrected chi connectivity index (χ2v) is 8.22. The van der Waals surface area contributed by atoms with Gasteiger partial charge in [0.25, 0.3) is 0 Å². The summed E-state index contributed by atoms with van der Waals surface area (Å²) in [5, 5.41) is 23.7. The summed E-state index contributed by atoms with van der Waals surface area (Å²) in [5.41, 5.74) is 1.53. The number of ether oxygens (including phenoxy) is 2. The van der Waals surface area contributed by atoms with E-state index in [1.165, 1.54) is 0 Å². The largest absolute Gasteiger partial charge is 0.495 e. The molecule has 0 radical (unpaired) electrons. The van der Waals surface area contributed by atoms with E-state index in [0.717, 1.165) is 48.1 Å². The first-order valence-electron chi connectivity index (χ1n) is 10.8. The molecule has 0 saturated carbocycles. The van der Waals surface area contributed by atoms with Crippen LogP contribution in [0.4, 0.5) is 17.3 Å². The minimum Gasteiger partial charge on any atom is -0.495 e. The Hall–Kier alpha value is -2.83.